The fourth-order valence-electron chi connectivity index (χ4n) is 4.56. The lowest BCUT2D eigenvalue weighted by atomic mass is 9.71. The molecule has 0 saturated heterocycles. The van der Waals surface area contributed by atoms with Gasteiger partial charge in [0.15, 0.2) is 19.9 Å². The van der Waals surface area contributed by atoms with Crippen molar-refractivity contribution >= 4 is 20.1 Å². The number of fused-ring (bicyclic) bond motifs is 1. The number of hydrogen-bond donors (Lipinski definition) is 4. The van der Waals surface area contributed by atoms with Crippen molar-refractivity contribution < 1.29 is 38.0 Å². The van der Waals surface area contributed by atoms with Gasteiger partial charge in [-0.05, 0) is 19.5 Å². The molecule has 1 aliphatic heterocycles. The van der Waals surface area contributed by atoms with Crippen molar-refractivity contribution in [2.24, 2.45) is 5.41 Å². The van der Waals surface area contributed by atoms with Gasteiger partial charge in [0.2, 0.25) is 5.43 Å². The number of hydrogen-bond acceptors (Lipinski definition) is 8. The van der Waals surface area contributed by atoms with Crippen LogP contribution in [0.3, 0.4) is 0 Å². The Morgan fingerprint density at radius 3 is 2.65 bits per heavy atom. The summed E-state index contributed by atoms with van der Waals surface area (Å²) >= 11 is 0. The molecule has 13 heteroatoms. The molecule has 202 valence electrons. The van der Waals surface area contributed by atoms with Gasteiger partial charge in [0.05, 0.1) is 5.41 Å². The van der Waals surface area contributed by atoms with Crippen LogP contribution >= 0.6 is 8.38 Å². The van der Waals surface area contributed by atoms with E-state index < -0.39 is 59.9 Å². The average Bonchev–Trinajstić information content (AvgIpc) is 2.84. The van der Waals surface area contributed by atoms with Gasteiger partial charge in [-0.25, -0.2) is 8.78 Å². The Balaban J connectivity index is 1.97. The van der Waals surface area contributed by atoms with E-state index in [1.54, 1.807) is 18.9 Å². The molecule has 37 heavy (non-hydrogen) atoms. The molecule has 0 aliphatic carbocycles. The standard InChI is InChI=1S/C24H30F2N3O7P/c1-24(6-8-36-3)18(28(2)7-9-37(34)35)13-29-12-16(20(30)21(31)19(29)22(24)32)23(33)27-11-14-4-5-15(25)10-17(14)26/h4-5,10,12,18,31,34-35H,6-9,11,13H2,1-3H3,(H,27,33). The van der Waals surface area contributed by atoms with Gasteiger partial charge in [0.25, 0.3) is 5.91 Å². The minimum absolute atomic E-state index is 0.00413. The molecule has 2 aromatic rings. The van der Waals surface area contributed by atoms with Crippen LogP contribution in [0.15, 0.2) is 29.2 Å². The number of carbonyl (C=O) groups excluding carboxylic acids is 2. The van der Waals surface area contributed by atoms with Crippen LogP contribution in [0.1, 0.15) is 39.8 Å². The number of aromatic hydroxyl groups is 1. The number of ketones is 1. The lowest BCUT2D eigenvalue weighted by molar-refractivity contribution is 0.0295. The van der Waals surface area contributed by atoms with E-state index >= 15 is 0 Å². The van der Waals surface area contributed by atoms with Crippen molar-refractivity contribution in [1.82, 2.24) is 14.8 Å². The minimum atomic E-state index is -2.15. The number of rotatable bonds is 10. The molecule has 0 bridgehead atoms. The molecule has 0 radical (unpaired) electrons. The summed E-state index contributed by atoms with van der Waals surface area (Å²) in [5, 5.41) is 13.1. The minimum Gasteiger partial charge on any atom is -0.503 e. The third-order valence-corrected chi connectivity index (χ3v) is 7.40. The van der Waals surface area contributed by atoms with Crippen molar-refractivity contribution in [2.45, 2.75) is 32.5 Å². The summed E-state index contributed by atoms with van der Waals surface area (Å²) in [5.74, 6) is -3.94. The zero-order chi connectivity index (χ0) is 27.5. The summed E-state index contributed by atoms with van der Waals surface area (Å²) in [7, 11) is 1.06. The molecule has 0 saturated carbocycles. The Labute approximate surface area is 213 Å². The molecule has 2 atom stereocenters. The summed E-state index contributed by atoms with van der Waals surface area (Å²) in [6.45, 7) is 1.95. The number of halogens is 2. The number of pyridine rings is 1. The number of likely N-dealkylation sites (N-methyl/N-ethyl adjacent to an activating group) is 1. The molecule has 1 aliphatic rings. The summed E-state index contributed by atoms with van der Waals surface area (Å²) in [6, 6.07) is 2.36. The highest BCUT2D eigenvalue weighted by Gasteiger charge is 2.49. The molecule has 3 rings (SSSR count). The molecule has 2 unspecified atom stereocenters. The number of nitrogens with zero attached hydrogens (tertiary/aromatic N) is 2. The third-order valence-electron chi connectivity index (χ3n) is 6.80. The fraction of sp³-hybridized carbons (Fsp3) is 0.458. The maximum atomic E-state index is 13.9. The molecule has 1 amide bonds. The van der Waals surface area contributed by atoms with Crippen LogP contribution in [0.4, 0.5) is 8.78 Å². The molecule has 0 spiro atoms. The second-order valence-electron chi connectivity index (χ2n) is 9.22. The molecule has 0 fully saturated rings. The Hall–Kier alpha value is -2.76. The number of benzene rings is 1. The largest absolute Gasteiger partial charge is 0.503 e. The first-order valence-electron chi connectivity index (χ1n) is 11.5. The normalized spacial score (nSPS) is 19.4. The fourth-order valence-corrected chi connectivity index (χ4v) is 5.06. The first kappa shape index (κ1) is 28.8. The van der Waals surface area contributed by atoms with Gasteiger partial charge in [-0.2, -0.15) is 0 Å². The van der Waals surface area contributed by atoms with Crippen molar-refractivity contribution in [3.8, 4) is 5.75 Å². The van der Waals surface area contributed by atoms with Crippen LogP contribution in [0.5, 0.6) is 5.75 Å². The van der Waals surface area contributed by atoms with E-state index in [9.17, 15) is 38.1 Å². The smallest absolute Gasteiger partial charge is 0.257 e. The number of amides is 1. The molecule has 10 nitrogen and oxygen atoms in total. The lowest BCUT2D eigenvalue weighted by Gasteiger charge is -2.46. The van der Waals surface area contributed by atoms with E-state index in [2.05, 4.69) is 5.32 Å². The first-order chi connectivity index (χ1) is 17.4. The third kappa shape index (κ3) is 6.05. The molecule has 1 aromatic carbocycles. The van der Waals surface area contributed by atoms with Crippen LogP contribution in [0.25, 0.3) is 0 Å². The van der Waals surface area contributed by atoms with Crippen LogP contribution < -0.4 is 10.7 Å². The highest BCUT2D eigenvalue weighted by atomic mass is 31.2. The van der Waals surface area contributed by atoms with Crippen LogP contribution in [0, 0.1) is 17.0 Å². The zero-order valence-corrected chi connectivity index (χ0v) is 21.6. The number of nitrogens with one attached hydrogen (secondary N) is 1. The molecular formula is C24H30F2N3O7P. The Morgan fingerprint density at radius 1 is 1.32 bits per heavy atom. The van der Waals surface area contributed by atoms with E-state index in [1.807, 2.05) is 0 Å². The van der Waals surface area contributed by atoms with Crippen LogP contribution in [-0.4, -0.2) is 75.6 Å². The van der Waals surface area contributed by atoms with Gasteiger partial charge in [-0.15, -0.1) is 0 Å². The average molecular weight is 541 g/mol. The summed E-state index contributed by atoms with van der Waals surface area (Å²) < 4.78 is 33.6. The topological polar surface area (TPSA) is 141 Å². The molecule has 1 aromatic heterocycles. The highest BCUT2D eigenvalue weighted by Crippen LogP contribution is 2.40. The molecule has 4 N–H and O–H groups in total. The van der Waals surface area contributed by atoms with Crippen molar-refractivity contribution in [3.63, 3.8) is 0 Å². The van der Waals surface area contributed by atoms with Crippen molar-refractivity contribution in [3.05, 3.63) is 63.1 Å². The number of Topliss-reactive ketones (excluding diaryl/α,β-unsaturated/α-hetero) is 1. The summed E-state index contributed by atoms with van der Waals surface area (Å²) in [4.78, 5) is 59.8. The van der Waals surface area contributed by atoms with E-state index in [0.717, 1.165) is 12.1 Å². The lowest BCUT2D eigenvalue weighted by Crippen LogP contribution is -2.56. The first-order valence-corrected chi connectivity index (χ1v) is 12.9. The second kappa shape index (κ2) is 11.7. The maximum Gasteiger partial charge on any atom is 0.257 e. The van der Waals surface area contributed by atoms with Crippen LogP contribution in [-0.2, 0) is 17.8 Å². The highest BCUT2D eigenvalue weighted by molar-refractivity contribution is 7.45. The van der Waals surface area contributed by atoms with E-state index in [0.29, 0.717) is 6.07 Å². The van der Waals surface area contributed by atoms with Gasteiger partial charge in [-0.3, -0.25) is 14.4 Å². The Kier molecular flexibility index (Phi) is 9.14. The number of carbonyl (C=O) groups is 2. The number of methoxy groups -OCH3 is 1. The van der Waals surface area contributed by atoms with Gasteiger partial charge < -0.3 is 34.4 Å². The van der Waals surface area contributed by atoms with Crippen molar-refractivity contribution in [1.29, 1.82) is 0 Å². The monoisotopic (exact) mass is 541 g/mol. The quantitative estimate of drug-likeness (QED) is 0.333. The number of ether oxygens (including phenoxy) is 1. The predicted octanol–water partition coefficient (Wildman–Crippen LogP) is 1.60. The zero-order valence-electron chi connectivity index (χ0n) is 20.7. The Morgan fingerprint density at radius 2 is 2.03 bits per heavy atom. The maximum absolute atomic E-state index is 13.9. The number of aromatic nitrogens is 1. The second-order valence-corrected chi connectivity index (χ2v) is 10.4. The van der Waals surface area contributed by atoms with Gasteiger partial charge >= 0.3 is 0 Å². The SMILES string of the molecule is COCCC1(C)C(=O)c2c(O)c(=O)c(C(=O)NCc3ccc(F)cc3F)cn2CC1N(C)CCP(O)O. The predicted molar refractivity (Wildman–Crippen MR) is 131 cm³/mol. The van der Waals surface area contributed by atoms with Gasteiger partial charge in [-0.1, -0.05) is 13.0 Å². The summed E-state index contributed by atoms with van der Waals surface area (Å²) in [6.07, 6.45) is 1.53. The van der Waals surface area contributed by atoms with Gasteiger partial charge in [0.1, 0.15) is 22.9 Å². The van der Waals surface area contributed by atoms with Crippen molar-refractivity contribution in [2.75, 3.05) is 33.5 Å². The molecule has 2 heterocycles. The van der Waals surface area contributed by atoms with Gasteiger partial charge in [0, 0.05) is 63.4 Å². The van der Waals surface area contributed by atoms with Crippen LogP contribution in [0.2, 0.25) is 0 Å². The van der Waals surface area contributed by atoms with E-state index in [1.165, 1.54) is 17.9 Å². The van der Waals surface area contributed by atoms with E-state index in [4.69, 9.17) is 4.74 Å². The Bertz CT molecular complexity index is 1240. The summed E-state index contributed by atoms with van der Waals surface area (Å²) in [5.41, 5.74) is -2.83. The molecular weight excluding hydrogens is 511 g/mol. The van der Waals surface area contributed by atoms with E-state index in [-0.39, 0.29) is 50.1 Å².